The third-order valence-electron chi connectivity index (χ3n) is 2.32. The van der Waals surface area contributed by atoms with Crippen molar-refractivity contribution in [1.29, 1.82) is 0 Å². The Labute approximate surface area is 94.2 Å². The molecule has 0 bridgehead atoms. The lowest BCUT2D eigenvalue weighted by atomic mass is 10.1. The van der Waals surface area contributed by atoms with E-state index in [0.717, 1.165) is 11.8 Å². The van der Waals surface area contributed by atoms with Crippen molar-refractivity contribution in [2.24, 2.45) is 7.05 Å². The number of ketones is 1. The summed E-state index contributed by atoms with van der Waals surface area (Å²) in [6.07, 6.45) is 4.92. The number of carbonyl (C=O) groups is 2. The molecule has 1 rings (SSSR count). The van der Waals surface area contributed by atoms with Crippen LogP contribution in [0.5, 0.6) is 0 Å². The second kappa shape index (κ2) is 5.25. The maximum Gasteiger partial charge on any atom is 0.243 e. The fourth-order valence-corrected chi connectivity index (χ4v) is 1.32. The number of rotatable bonds is 5. The van der Waals surface area contributed by atoms with Crippen LogP contribution in [-0.4, -0.2) is 27.3 Å². The first-order valence-electron chi connectivity index (χ1n) is 4.93. The summed E-state index contributed by atoms with van der Waals surface area (Å²) in [5.41, 5.74) is 0.893. The molecule has 5 heteroatoms. The van der Waals surface area contributed by atoms with Crippen LogP contribution in [0, 0.1) is 0 Å². The molecule has 1 heterocycles. The number of hydrogen-bond acceptors (Lipinski definition) is 3. The number of carbonyl (C=O) groups excluding carboxylic acids is 2. The average Bonchev–Trinajstić information content (AvgIpc) is 2.63. The number of nitrogens with one attached hydrogen (secondary N) is 1. The molecule has 5 nitrogen and oxygen atoms in total. The van der Waals surface area contributed by atoms with Crippen molar-refractivity contribution >= 4 is 11.7 Å². The summed E-state index contributed by atoms with van der Waals surface area (Å²) in [6.45, 7) is 4.80. The summed E-state index contributed by atoms with van der Waals surface area (Å²) < 4.78 is 1.82. The number of aryl methyl sites for hydroxylation is 1. The highest BCUT2D eigenvalue weighted by Gasteiger charge is 2.17. The first kappa shape index (κ1) is 12.2. The molecule has 0 radical (unpaired) electrons. The van der Waals surface area contributed by atoms with E-state index in [1.54, 1.807) is 12.5 Å². The molecule has 0 fully saturated rings. The molecule has 86 valence electrons. The van der Waals surface area contributed by atoms with E-state index in [1.807, 2.05) is 11.6 Å². The van der Waals surface area contributed by atoms with Gasteiger partial charge in [0.05, 0.1) is 12.4 Å². The summed E-state index contributed by atoms with van der Waals surface area (Å²) in [4.78, 5) is 26.4. The minimum atomic E-state index is -0.527. The summed E-state index contributed by atoms with van der Waals surface area (Å²) >= 11 is 0. The Morgan fingerprint density at radius 3 is 2.81 bits per heavy atom. The monoisotopic (exact) mass is 221 g/mol. The van der Waals surface area contributed by atoms with Gasteiger partial charge in [-0.2, -0.15) is 0 Å². The Bertz CT molecular complexity index is 409. The second-order valence-electron chi connectivity index (χ2n) is 3.58. The van der Waals surface area contributed by atoms with Crippen molar-refractivity contribution in [2.45, 2.75) is 19.4 Å². The van der Waals surface area contributed by atoms with Crippen molar-refractivity contribution in [2.75, 3.05) is 0 Å². The molecule has 0 spiro atoms. The standard InChI is InChI=1S/C11H15N3O2/c1-4-11(16)13-10(8(2)15)5-9-6-12-7-14(9)3/h4,6-7,10H,1,5H2,2-3H3,(H,13,16)/t10-/m0/s1. The van der Waals surface area contributed by atoms with E-state index in [9.17, 15) is 9.59 Å². The zero-order valence-corrected chi connectivity index (χ0v) is 9.43. The van der Waals surface area contributed by atoms with Gasteiger partial charge in [-0.3, -0.25) is 9.59 Å². The number of Topliss-reactive ketones (excluding diaryl/α,β-unsaturated/α-hetero) is 1. The summed E-state index contributed by atoms with van der Waals surface area (Å²) in [6, 6.07) is -0.527. The summed E-state index contributed by atoms with van der Waals surface area (Å²) in [5, 5.41) is 2.58. The maximum atomic E-state index is 11.4. The number of nitrogens with zero attached hydrogens (tertiary/aromatic N) is 2. The highest BCUT2D eigenvalue weighted by Crippen LogP contribution is 2.02. The van der Waals surface area contributed by atoms with Crippen molar-refractivity contribution in [3.05, 3.63) is 30.9 Å². The van der Waals surface area contributed by atoms with Gasteiger partial charge in [-0.15, -0.1) is 0 Å². The molecule has 0 aliphatic heterocycles. The number of imidazole rings is 1. The highest BCUT2D eigenvalue weighted by atomic mass is 16.2. The zero-order chi connectivity index (χ0) is 12.1. The number of hydrogen-bond donors (Lipinski definition) is 1. The third-order valence-corrected chi connectivity index (χ3v) is 2.32. The van der Waals surface area contributed by atoms with Gasteiger partial charge in [0, 0.05) is 25.4 Å². The Morgan fingerprint density at radius 2 is 2.38 bits per heavy atom. The van der Waals surface area contributed by atoms with Crippen LogP contribution >= 0.6 is 0 Å². The largest absolute Gasteiger partial charge is 0.342 e. The second-order valence-corrected chi connectivity index (χ2v) is 3.58. The van der Waals surface area contributed by atoms with E-state index >= 15 is 0 Å². The van der Waals surface area contributed by atoms with Crippen molar-refractivity contribution in [1.82, 2.24) is 14.9 Å². The van der Waals surface area contributed by atoms with Gasteiger partial charge in [-0.05, 0) is 13.0 Å². The predicted octanol–water partition coefficient (Wildman–Crippen LogP) is 0.222. The maximum absolute atomic E-state index is 11.4. The van der Waals surface area contributed by atoms with Crippen molar-refractivity contribution in [3.8, 4) is 0 Å². The predicted molar refractivity (Wildman–Crippen MR) is 59.7 cm³/mol. The number of aromatic nitrogens is 2. The molecule has 0 aliphatic carbocycles. The quantitative estimate of drug-likeness (QED) is 0.723. The van der Waals surface area contributed by atoms with Gasteiger partial charge in [0.15, 0.2) is 5.78 Å². The molecule has 16 heavy (non-hydrogen) atoms. The van der Waals surface area contributed by atoms with E-state index in [0.29, 0.717) is 6.42 Å². The van der Waals surface area contributed by atoms with Gasteiger partial charge >= 0.3 is 0 Å². The van der Waals surface area contributed by atoms with Gasteiger partial charge in [0.1, 0.15) is 0 Å². The van der Waals surface area contributed by atoms with Gasteiger partial charge in [-0.25, -0.2) is 4.98 Å². The van der Waals surface area contributed by atoms with Gasteiger partial charge in [-0.1, -0.05) is 6.58 Å². The fraction of sp³-hybridized carbons (Fsp3) is 0.364. The topological polar surface area (TPSA) is 64.0 Å². The lowest BCUT2D eigenvalue weighted by molar-refractivity contribution is -0.124. The minimum Gasteiger partial charge on any atom is -0.342 e. The van der Waals surface area contributed by atoms with Gasteiger partial charge < -0.3 is 9.88 Å². The van der Waals surface area contributed by atoms with Gasteiger partial charge in [0.2, 0.25) is 5.91 Å². The van der Waals surface area contributed by atoms with E-state index in [2.05, 4.69) is 16.9 Å². The Balaban J connectivity index is 2.72. The molecule has 1 N–H and O–H groups in total. The van der Waals surface area contributed by atoms with E-state index in [4.69, 9.17) is 0 Å². The van der Waals surface area contributed by atoms with Crippen LogP contribution in [0.4, 0.5) is 0 Å². The Hall–Kier alpha value is -1.91. The normalized spacial score (nSPS) is 11.9. The van der Waals surface area contributed by atoms with E-state index in [1.165, 1.54) is 6.92 Å². The Kier molecular flexibility index (Phi) is 3.99. The van der Waals surface area contributed by atoms with E-state index < -0.39 is 6.04 Å². The van der Waals surface area contributed by atoms with Crippen LogP contribution in [0.25, 0.3) is 0 Å². The third kappa shape index (κ3) is 3.05. The number of amides is 1. The van der Waals surface area contributed by atoms with Crippen LogP contribution in [0.15, 0.2) is 25.2 Å². The fourth-order valence-electron chi connectivity index (χ4n) is 1.32. The smallest absolute Gasteiger partial charge is 0.243 e. The minimum absolute atomic E-state index is 0.0867. The molecule has 1 amide bonds. The average molecular weight is 221 g/mol. The molecule has 0 aliphatic rings. The molecule has 0 unspecified atom stereocenters. The lowest BCUT2D eigenvalue weighted by Crippen LogP contribution is -2.40. The zero-order valence-electron chi connectivity index (χ0n) is 9.43. The van der Waals surface area contributed by atoms with Gasteiger partial charge in [0.25, 0.3) is 0 Å². The van der Waals surface area contributed by atoms with Crippen molar-refractivity contribution < 1.29 is 9.59 Å². The molecule has 1 aromatic heterocycles. The SMILES string of the molecule is C=CC(=O)N[C@@H](Cc1cncn1C)C(C)=O. The summed E-state index contributed by atoms with van der Waals surface area (Å²) in [7, 11) is 1.84. The Morgan fingerprint density at radius 1 is 1.69 bits per heavy atom. The van der Waals surface area contributed by atoms with Crippen molar-refractivity contribution in [3.63, 3.8) is 0 Å². The molecule has 0 saturated heterocycles. The van der Waals surface area contributed by atoms with Crippen LogP contribution in [0.1, 0.15) is 12.6 Å². The first-order chi connectivity index (χ1) is 7.54. The highest BCUT2D eigenvalue weighted by molar-refractivity contribution is 5.92. The van der Waals surface area contributed by atoms with Crippen LogP contribution < -0.4 is 5.32 Å². The molecule has 0 aromatic carbocycles. The van der Waals surface area contributed by atoms with Crippen LogP contribution in [-0.2, 0) is 23.1 Å². The molecular weight excluding hydrogens is 206 g/mol. The lowest BCUT2D eigenvalue weighted by Gasteiger charge is -2.14. The van der Waals surface area contributed by atoms with Crippen LogP contribution in [0.3, 0.4) is 0 Å². The molecular formula is C11H15N3O2. The first-order valence-corrected chi connectivity index (χ1v) is 4.93. The summed E-state index contributed by atoms with van der Waals surface area (Å²) in [5.74, 6) is -0.432. The molecule has 0 saturated carbocycles. The van der Waals surface area contributed by atoms with E-state index in [-0.39, 0.29) is 11.7 Å². The molecule has 1 aromatic rings. The van der Waals surface area contributed by atoms with Crippen LogP contribution in [0.2, 0.25) is 0 Å². The molecule has 1 atom stereocenters.